The van der Waals surface area contributed by atoms with Gasteiger partial charge in [-0.3, -0.25) is 9.48 Å². The first-order valence-corrected chi connectivity index (χ1v) is 10.8. The largest absolute Gasteiger partial charge is 0.386 e. The molecule has 2 heterocycles. The van der Waals surface area contributed by atoms with Gasteiger partial charge in [0, 0.05) is 40.9 Å². The van der Waals surface area contributed by atoms with E-state index in [1.807, 2.05) is 0 Å². The quantitative estimate of drug-likeness (QED) is 0.459. The molecule has 0 spiro atoms. The van der Waals surface area contributed by atoms with Crippen LogP contribution in [0.1, 0.15) is 40.9 Å². The number of aryl methyl sites for hydroxylation is 1. The summed E-state index contributed by atoms with van der Waals surface area (Å²) in [5.74, 6) is -2.58. The Morgan fingerprint density at radius 2 is 1.74 bits per heavy atom. The molecule has 1 amide bonds. The first-order valence-electron chi connectivity index (χ1n) is 10.8. The summed E-state index contributed by atoms with van der Waals surface area (Å²) in [6.45, 7) is 2.93. The fraction of sp³-hybridized carbons (Fsp3) is 0.231. The molecule has 0 radical (unpaired) electrons. The van der Waals surface area contributed by atoms with Crippen LogP contribution in [-0.2, 0) is 25.7 Å². The molecule has 174 valence electrons. The van der Waals surface area contributed by atoms with Crippen LogP contribution in [-0.4, -0.2) is 25.7 Å². The van der Waals surface area contributed by atoms with Crippen LogP contribution < -0.4 is 0 Å². The minimum absolute atomic E-state index is 0.0455. The van der Waals surface area contributed by atoms with Gasteiger partial charge in [0.05, 0.1) is 24.2 Å². The van der Waals surface area contributed by atoms with Gasteiger partial charge in [0.1, 0.15) is 17.5 Å². The summed E-state index contributed by atoms with van der Waals surface area (Å²) in [5, 5.41) is 15.6. The van der Waals surface area contributed by atoms with Crippen LogP contribution in [0.3, 0.4) is 0 Å². The van der Waals surface area contributed by atoms with Crippen molar-refractivity contribution in [2.45, 2.75) is 32.5 Å². The highest BCUT2D eigenvalue weighted by Gasteiger charge is 2.31. The number of hydrogen-bond acceptors (Lipinski definition) is 3. The summed E-state index contributed by atoms with van der Waals surface area (Å²) < 4.78 is 45.9. The lowest BCUT2D eigenvalue weighted by atomic mass is 9.91. The van der Waals surface area contributed by atoms with E-state index in [1.165, 1.54) is 35.2 Å². The molecule has 0 saturated carbocycles. The standard InChI is InChI=1S/C26H22F3N3O2/c1-26(2,34)20-8-7-15(18-11-31(3)30-24(18)20)14-9-22(28)19(23(29)10-14)13-32-12-17-16(25(32)33)5-4-6-21(17)27/h4-11,34H,12-13H2,1-3H3. The van der Waals surface area contributed by atoms with E-state index in [-0.39, 0.29) is 29.8 Å². The van der Waals surface area contributed by atoms with E-state index in [4.69, 9.17) is 0 Å². The molecule has 0 saturated heterocycles. The second-order valence-corrected chi connectivity index (χ2v) is 9.13. The van der Waals surface area contributed by atoms with Crippen molar-refractivity contribution in [3.8, 4) is 11.1 Å². The first-order chi connectivity index (χ1) is 16.0. The lowest BCUT2D eigenvalue weighted by Gasteiger charge is -2.20. The minimum Gasteiger partial charge on any atom is -0.386 e. The molecule has 1 N–H and O–H groups in total. The second kappa shape index (κ2) is 7.70. The van der Waals surface area contributed by atoms with E-state index in [9.17, 15) is 14.3 Å². The molecule has 0 atom stereocenters. The minimum atomic E-state index is -1.15. The molecule has 1 aromatic heterocycles. The van der Waals surface area contributed by atoms with Gasteiger partial charge in [-0.2, -0.15) is 5.10 Å². The Morgan fingerprint density at radius 3 is 2.38 bits per heavy atom. The molecule has 1 aliphatic rings. The van der Waals surface area contributed by atoms with Gasteiger partial charge < -0.3 is 10.0 Å². The number of carbonyl (C=O) groups excluding carboxylic acids is 1. The van der Waals surface area contributed by atoms with E-state index in [0.717, 1.165) is 0 Å². The molecular formula is C26H22F3N3O2. The Balaban J connectivity index is 1.52. The van der Waals surface area contributed by atoms with Gasteiger partial charge >= 0.3 is 0 Å². The summed E-state index contributed by atoms with van der Waals surface area (Å²) >= 11 is 0. The Labute approximate surface area is 194 Å². The number of aliphatic hydroxyl groups is 1. The lowest BCUT2D eigenvalue weighted by molar-refractivity contribution is 0.0762. The Hall–Kier alpha value is -3.65. The SMILES string of the molecule is Cn1cc2c(-c3cc(F)c(CN4Cc5c(F)cccc5C4=O)c(F)c3)ccc(C(C)(C)O)c2n1. The molecule has 0 aliphatic carbocycles. The van der Waals surface area contributed by atoms with Gasteiger partial charge in [-0.05, 0) is 49.2 Å². The van der Waals surface area contributed by atoms with Crippen LogP contribution in [0, 0.1) is 17.5 Å². The molecule has 3 aromatic carbocycles. The number of aromatic nitrogens is 2. The molecule has 34 heavy (non-hydrogen) atoms. The number of amides is 1. The molecule has 5 rings (SSSR count). The Bertz CT molecular complexity index is 1450. The smallest absolute Gasteiger partial charge is 0.254 e. The number of fused-ring (bicyclic) bond motifs is 2. The number of halogens is 3. The zero-order valence-corrected chi connectivity index (χ0v) is 18.9. The predicted molar refractivity (Wildman–Crippen MR) is 121 cm³/mol. The fourth-order valence-electron chi connectivity index (χ4n) is 4.55. The van der Waals surface area contributed by atoms with Crippen LogP contribution in [0.2, 0.25) is 0 Å². The van der Waals surface area contributed by atoms with Gasteiger partial charge in [0.25, 0.3) is 5.91 Å². The van der Waals surface area contributed by atoms with Gasteiger partial charge in [-0.25, -0.2) is 13.2 Å². The number of carbonyl (C=O) groups is 1. The predicted octanol–water partition coefficient (Wildman–Crippen LogP) is 5.04. The highest BCUT2D eigenvalue weighted by Crippen LogP contribution is 2.36. The monoisotopic (exact) mass is 465 g/mol. The molecule has 0 unspecified atom stereocenters. The highest BCUT2D eigenvalue weighted by molar-refractivity contribution is 5.98. The zero-order valence-electron chi connectivity index (χ0n) is 18.9. The van der Waals surface area contributed by atoms with E-state index in [1.54, 1.807) is 43.9 Å². The van der Waals surface area contributed by atoms with Crippen molar-refractivity contribution >= 4 is 16.8 Å². The molecular weight excluding hydrogens is 443 g/mol. The summed E-state index contributed by atoms with van der Waals surface area (Å²) in [7, 11) is 1.73. The maximum absolute atomic E-state index is 15.1. The highest BCUT2D eigenvalue weighted by atomic mass is 19.1. The van der Waals surface area contributed by atoms with Crippen molar-refractivity contribution in [2.24, 2.45) is 7.05 Å². The summed E-state index contributed by atoms with van der Waals surface area (Å²) in [4.78, 5) is 13.8. The molecule has 0 fully saturated rings. The van der Waals surface area contributed by atoms with Crippen LogP contribution in [0.4, 0.5) is 13.2 Å². The zero-order chi connectivity index (χ0) is 24.4. The third kappa shape index (κ3) is 3.54. The van der Waals surface area contributed by atoms with Crippen LogP contribution in [0.15, 0.2) is 48.7 Å². The average molecular weight is 465 g/mol. The molecule has 1 aliphatic heterocycles. The summed E-state index contributed by atoms with van der Waals surface area (Å²) in [6.07, 6.45) is 1.73. The van der Waals surface area contributed by atoms with Crippen molar-refractivity contribution in [2.75, 3.05) is 0 Å². The van der Waals surface area contributed by atoms with Crippen molar-refractivity contribution < 1.29 is 23.1 Å². The van der Waals surface area contributed by atoms with Gasteiger partial charge in [-0.1, -0.05) is 18.2 Å². The van der Waals surface area contributed by atoms with E-state index < -0.39 is 29.0 Å². The number of hydrogen-bond donors (Lipinski definition) is 1. The summed E-state index contributed by atoms with van der Waals surface area (Å²) in [6, 6.07) is 10.0. The van der Waals surface area contributed by atoms with Crippen molar-refractivity contribution in [3.05, 3.63) is 88.4 Å². The van der Waals surface area contributed by atoms with Crippen molar-refractivity contribution in [1.82, 2.24) is 14.7 Å². The topological polar surface area (TPSA) is 58.4 Å². The maximum atomic E-state index is 15.1. The van der Waals surface area contributed by atoms with E-state index >= 15 is 8.78 Å². The molecule has 8 heteroatoms. The Kier molecular flexibility index (Phi) is 5.02. The molecule has 0 bridgehead atoms. The number of benzene rings is 3. The third-order valence-electron chi connectivity index (χ3n) is 6.24. The maximum Gasteiger partial charge on any atom is 0.254 e. The fourth-order valence-corrected chi connectivity index (χ4v) is 4.55. The first kappa shape index (κ1) is 22.2. The van der Waals surface area contributed by atoms with Crippen LogP contribution in [0.5, 0.6) is 0 Å². The normalized spacial score (nSPS) is 13.7. The third-order valence-corrected chi connectivity index (χ3v) is 6.24. The van der Waals surface area contributed by atoms with Gasteiger partial charge in [0.2, 0.25) is 0 Å². The van der Waals surface area contributed by atoms with Gasteiger partial charge in [-0.15, -0.1) is 0 Å². The van der Waals surface area contributed by atoms with Crippen LogP contribution in [0.25, 0.3) is 22.0 Å². The molecule has 5 nitrogen and oxygen atoms in total. The molecule has 4 aromatic rings. The van der Waals surface area contributed by atoms with Gasteiger partial charge in [0.15, 0.2) is 0 Å². The number of nitrogens with zero attached hydrogens (tertiary/aromatic N) is 3. The van der Waals surface area contributed by atoms with Crippen LogP contribution >= 0.6 is 0 Å². The summed E-state index contributed by atoms with van der Waals surface area (Å²) in [5.41, 5.74) is 1.04. The van der Waals surface area contributed by atoms with Crippen molar-refractivity contribution in [1.29, 1.82) is 0 Å². The number of rotatable bonds is 4. The van der Waals surface area contributed by atoms with E-state index in [2.05, 4.69) is 5.10 Å². The Morgan fingerprint density at radius 1 is 1.03 bits per heavy atom. The van der Waals surface area contributed by atoms with Crippen molar-refractivity contribution in [3.63, 3.8) is 0 Å². The average Bonchev–Trinajstić information content (AvgIpc) is 3.29. The second-order valence-electron chi connectivity index (χ2n) is 9.13. The lowest BCUT2D eigenvalue weighted by Crippen LogP contribution is -2.24. The van der Waals surface area contributed by atoms with E-state index in [0.29, 0.717) is 27.6 Å².